The van der Waals surface area contributed by atoms with Gasteiger partial charge >= 0.3 is 0 Å². The van der Waals surface area contributed by atoms with Crippen LogP contribution >= 0.6 is 0 Å². The molecular formula is C24H28N2O4S. The van der Waals surface area contributed by atoms with Gasteiger partial charge in [0.15, 0.2) is 4.91 Å². The molecule has 2 aromatic rings. The SMILES string of the molecule is CCCN(CCC)C1=C(S(=O)(=O)Nc2ccc(CC)cc2)C(=O)c2ccccc2C1=O. The number of anilines is 1. The summed E-state index contributed by atoms with van der Waals surface area (Å²) in [6.45, 7) is 6.88. The second-order valence-electron chi connectivity index (χ2n) is 7.52. The minimum absolute atomic E-state index is 0.0370. The zero-order chi connectivity index (χ0) is 22.6. The molecule has 0 amide bonds. The van der Waals surface area contributed by atoms with E-state index >= 15 is 0 Å². The normalized spacial score (nSPS) is 13.9. The van der Waals surface area contributed by atoms with Crippen LogP contribution in [0.3, 0.4) is 0 Å². The van der Waals surface area contributed by atoms with Gasteiger partial charge in [-0.1, -0.05) is 57.2 Å². The van der Waals surface area contributed by atoms with E-state index in [1.807, 2.05) is 32.9 Å². The molecule has 2 aromatic carbocycles. The van der Waals surface area contributed by atoms with Gasteiger partial charge in [-0.2, -0.15) is 0 Å². The van der Waals surface area contributed by atoms with Crippen LogP contribution in [0.4, 0.5) is 5.69 Å². The number of aryl methyl sites for hydroxylation is 1. The van der Waals surface area contributed by atoms with E-state index in [9.17, 15) is 18.0 Å². The number of allylic oxidation sites excluding steroid dienone is 2. The van der Waals surface area contributed by atoms with Crippen molar-refractivity contribution in [3.8, 4) is 0 Å². The predicted molar refractivity (Wildman–Crippen MR) is 123 cm³/mol. The van der Waals surface area contributed by atoms with E-state index in [0.717, 1.165) is 12.0 Å². The first kappa shape index (κ1) is 22.7. The molecule has 1 N–H and O–H groups in total. The highest BCUT2D eigenvalue weighted by Crippen LogP contribution is 2.32. The zero-order valence-corrected chi connectivity index (χ0v) is 19.0. The van der Waals surface area contributed by atoms with Crippen molar-refractivity contribution in [3.63, 3.8) is 0 Å². The second-order valence-corrected chi connectivity index (χ2v) is 9.14. The van der Waals surface area contributed by atoms with Crippen LogP contribution in [-0.2, 0) is 16.4 Å². The standard InChI is InChI=1S/C24H28N2O4S/c1-4-15-26(16-5-2)21-22(27)19-9-7-8-10-20(19)23(28)24(21)31(29,30)25-18-13-11-17(6-3)12-14-18/h7-14,25H,4-6,15-16H2,1-3H3. The van der Waals surface area contributed by atoms with Crippen molar-refractivity contribution >= 4 is 27.3 Å². The lowest BCUT2D eigenvalue weighted by Gasteiger charge is -2.31. The highest BCUT2D eigenvalue weighted by Gasteiger charge is 2.41. The Morgan fingerprint density at radius 2 is 1.35 bits per heavy atom. The maximum absolute atomic E-state index is 13.4. The number of hydrogen-bond donors (Lipinski definition) is 1. The molecule has 1 aliphatic rings. The third-order valence-electron chi connectivity index (χ3n) is 5.24. The number of hydrogen-bond acceptors (Lipinski definition) is 5. The molecule has 6 nitrogen and oxygen atoms in total. The van der Waals surface area contributed by atoms with Crippen LogP contribution in [0.2, 0.25) is 0 Å². The van der Waals surface area contributed by atoms with Gasteiger partial charge in [0.25, 0.3) is 10.0 Å². The van der Waals surface area contributed by atoms with E-state index in [2.05, 4.69) is 4.72 Å². The van der Waals surface area contributed by atoms with Gasteiger partial charge in [-0.25, -0.2) is 8.42 Å². The van der Waals surface area contributed by atoms with Gasteiger partial charge in [0.2, 0.25) is 11.6 Å². The molecule has 0 saturated carbocycles. The van der Waals surface area contributed by atoms with Crippen molar-refractivity contribution in [1.29, 1.82) is 0 Å². The van der Waals surface area contributed by atoms with E-state index < -0.39 is 26.5 Å². The summed E-state index contributed by atoms with van der Waals surface area (Å²) in [7, 11) is -4.29. The number of nitrogens with zero attached hydrogens (tertiary/aromatic N) is 1. The molecule has 0 aliphatic heterocycles. The molecule has 0 heterocycles. The summed E-state index contributed by atoms with van der Waals surface area (Å²) < 4.78 is 29.4. The molecule has 0 unspecified atom stereocenters. The number of ketones is 2. The molecule has 0 radical (unpaired) electrons. The van der Waals surface area contributed by atoms with Gasteiger partial charge in [0.05, 0.1) is 0 Å². The van der Waals surface area contributed by atoms with Crippen LogP contribution in [-0.4, -0.2) is 38.0 Å². The number of fused-ring (bicyclic) bond motifs is 1. The molecule has 0 aromatic heterocycles. The molecule has 3 rings (SSSR count). The molecule has 0 bridgehead atoms. The first-order valence-corrected chi connectivity index (χ1v) is 12.1. The fourth-order valence-electron chi connectivity index (χ4n) is 3.77. The topological polar surface area (TPSA) is 83.6 Å². The smallest absolute Gasteiger partial charge is 0.268 e. The van der Waals surface area contributed by atoms with Crippen LogP contribution in [0, 0.1) is 0 Å². The number of sulfonamides is 1. The maximum atomic E-state index is 13.4. The third kappa shape index (κ3) is 4.56. The lowest BCUT2D eigenvalue weighted by Crippen LogP contribution is -2.38. The fourth-order valence-corrected chi connectivity index (χ4v) is 5.14. The number of carbonyl (C=O) groups excluding carboxylic acids is 2. The minimum atomic E-state index is -4.29. The molecule has 0 atom stereocenters. The summed E-state index contributed by atoms with van der Waals surface area (Å²) in [4.78, 5) is 28.0. The van der Waals surface area contributed by atoms with E-state index in [-0.39, 0.29) is 16.8 Å². The van der Waals surface area contributed by atoms with Crippen LogP contribution in [0.15, 0.2) is 59.1 Å². The molecule has 1 aliphatic carbocycles. The Bertz CT molecular complexity index is 1110. The molecule has 0 fully saturated rings. The lowest BCUT2D eigenvalue weighted by molar-refractivity contribution is 0.0946. The number of Topliss-reactive ketones (excluding diaryl/α,β-unsaturated/α-hetero) is 2. The van der Waals surface area contributed by atoms with Crippen molar-refractivity contribution in [2.75, 3.05) is 17.8 Å². The van der Waals surface area contributed by atoms with E-state index in [0.29, 0.717) is 31.6 Å². The monoisotopic (exact) mass is 440 g/mol. The largest absolute Gasteiger partial charge is 0.367 e. The Labute approximate surface area is 184 Å². The van der Waals surface area contributed by atoms with Crippen LogP contribution in [0.5, 0.6) is 0 Å². The van der Waals surface area contributed by atoms with Crippen LogP contribution in [0.1, 0.15) is 59.9 Å². The Morgan fingerprint density at radius 3 is 1.87 bits per heavy atom. The van der Waals surface area contributed by atoms with Gasteiger partial charge < -0.3 is 4.90 Å². The highest BCUT2D eigenvalue weighted by atomic mass is 32.2. The summed E-state index contributed by atoms with van der Waals surface area (Å²) in [5, 5.41) is 0. The average Bonchev–Trinajstić information content (AvgIpc) is 2.76. The predicted octanol–water partition coefficient (Wildman–Crippen LogP) is 4.40. The van der Waals surface area contributed by atoms with Crippen molar-refractivity contribution in [1.82, 2.24) is 4.90 Å². The molecule has 0 saturated heterocycles. The van der Waals surface area contributed by atoms with Gasteiger partial charge in [-0.3, -0.25) is 14.3 Å². The highest BCUT2D eigenvalue weighted by molar-refractivity contribution is 7.97. The van der Waals surface area contributed by atoms with Gasteiger partial charge in [-0.15, -0.1) is 0 Å². The van der Waals surface area contributed by atoms with Crippen molar-refractivity contribution in [2.24, 2.45) is 0 Å². The van der Waals surface area contributed by atoms with Crippen LogP contribution < -0.4 is 4.72 Å². The zero-order valence-electron chi connectivity index (χ0n) is 18.1. The Hall–Kier alpha value is -2.93. The third-order valence-corrected chi connectivity index (χ3v) is 6.66. The number of carbonyl (C=O) groups is 2. The van der Waals surface area contributed by atoms with E-state index in [1.165, 1.54) is 6.07 Å². The quantitative estimate of drug-likeness (QED) is 0.625. The number of rotatable bonds is 9. The number of nitrogens with one attached hydrogen (secondary N) is 1. The van der Waals surface area contributed by atoms with Crippen molar-refractivity contribution in [2.45, 2.75) is 40.0 Å². The van der Waals surface area contributed by atoms with Gasteiger partial charge in [0.1, 0.15) is 5.70 Å². The molecular weight excluding hydrogens is 412 g/mol. The second kappa shape index (κ2) is 9.47. The Balaban J connectivity index is 2.16. The Morgan fingerprint density at radius 1 is 0.806 bits per heavy atom. The minimum Gasteiger partial charge on any atom is -0.367 e. The summed E-state index contributed by atoms with van der Waals surface area (Å²) >= 11 is 0. The molecule has 31 heavy (non-hydrogen) atoms. The molecule has 164 valence electrons. The molecule has 7 heteroatoms. The summed E-state index contributed by atoms with van der Waals surface area (Å²) in [5.41, 5.74) is 1.74. The lowest BCUT2D eigenvalue weighted by atomic mass is 9.91. The average molecular weight is 441 g/mol. The fraction of sp³-hybridized carbons (Fsp3) is 0.333. The summed E-state index contributed by atoms with van der Waals surface area (Å²) in [6, 6.07) is 13.4. The maximum Gasteiger partial charge on any atom is 0.268 e. The Kier molecular flexibility index (Phi) is 6.95. The summed E-state index contributed by atoms with van der Waals surface area (Å²) in [5.74, 6) is -1.08. The van der Waals surface area contributed by atoms with Crippen LogP contribution in [0.25, 0.3) is 0 Å². The molecule has 0 spiro atoms. The van der Waals surface area contributed by atoms with Crippen molar-refractivity contribution in [3.05, 3.63) is 75.8 Å². The van der Waals surface area contributed by atoms with E-state index in [4.69, 9.17) is 0 Å². The van der Waals surface area contributed by atoms with E-state index in [1.54, 1.807) is 35.2 Å². The summed E-state index contributed by atoms with van der Waals surface area (Å²) in [6.07, 6.45) is 2.26. The first-order valence-electron chi connectivity index (χ1n) is 10.6. The van der Waals surface area contributed by atoms with Gasteiger partial charge in [-0.05, 0) is 37.0 Å². The number of benzene rings is 2. The van der Waals surface area contributed by atoms with Crippen molar-refractivity contribution < 1.29 is 18.0 Å². The first-order chi connectivity index (χ1) is 14.8. The van der Waals surface area contributed by atoms with Gasteiger partial charge in [0, 0.05) is 29.9 Å².